The van der Waals surface area contributed by atoms with E-state index in [2.05, 4.69) is 36.0 Å². The second-order valence-electron chi connectivity index (χ2n) is 6.08. The van der Waals surface area contributed by atoms with Crippen LogP contribution >= 0.6 is 0 Å². The molecule has 0 aliphatic carbocycles. The van der Waals surface area contributed by atoms with Crippen molar-refractivity contribution in [3.63, 3.8) is 0 Å². The number of piperazine rings is 1. The Balaban J connectivity index is 1.91. The Labute approximate surface area is 120 Å². The third-order valence-electron chi connectivity index (χ3n) is 4.00. The van der Waals surface area contributed by atoms with E-state index in [-0.39, 0.29) is 11.4 Å². The number of carbonyl (C=O) groups is 1. The van der Waals surface area contributed by atoms with Gasteiger partial charge >= 0.3 is 0 Å². The number of nitrogens with one attached hydrogen (secondary N) is 1. The summed E-state index contributed by atoms with van der Waals surface area (Å²) in [7, 11) is 2.13. The molecule has 0 unspecified atom stereocenters. The average molecular weight is 276 g/mol. The Morgan fingerprint density at radius 1 is 1.35 bits per heavy atom. The van der Waals surface area contributed by atoms with Gasteiger partial charge in [-0.25, -0.2) is 0 Å². The molecule has 1 aromatic rings. The normalized spacial score (nSPS) is 19.8. The number of hydrogen-bond acceptors (Lipinski definition) is 4. The van der Waals surface area contributed by atoms with Crippen molar-refractivity contribution in [2.24, 2.45) is 0 Å². The molecule has 110 valence electrons. The predicted octanol–water partition coefficient (Wildman–Crippen LogP) is 1.23. The largest absolute Gasteiger partial charge is 0.397 e. The summed E-state index contributed by atoms with van der Waals surface area (Å²) < 4.78 is 0. The number of nitrogen functional groups attached to an aromatic ring is 1. The summed E-state index contributed by atoms with van der Waals surface area (Å²) in [5.41, 5.74) is 7.21. The van der Waals surface area contributed by atoms with Crippen LogP contribution in [0.4, 0.5) is 11.4 Å². The summed E-state index contributed by atoms with van der Waals surface area (Å²) in [5, 5.41) is 2.88. The number of para-hydroxylation sites is 2. The molecule has 1 aliphatic rings. The molecule has 1 saturated heterocycles. The quantitative estimate of drug-likeness (QED) is 0.815. The van der Waals surface area contributed by atoms with Gasteiger partial charge in [0, 0.05) is 25.2 Å². The molecule has 0 atom stereocenters. The van der Waals surface area contributed by atoms with E-state index in [0.717, 1.165) is 19.6 Å². The van der Waals surface area contributed by atoms with Crippen LogP contribution in [-0.2, 0) is 4.79 Å². The maximum absolute atomic E-state index is 12.1. The first kappa shape index (κ1) is 14.8. The Hall–Kier alpha value is -1.59. The predicted molar refractivity (Wildman–Crippen MR) is 82.6 cm³/mol. The van der Waals surface area contributed by atoms with Crippen LogP contribution in [0, 0.1) is 0 Å². The Morgan fingerprint density at radius 3 is 2.70 bits per heavy atom. The summed E-state index contributed by atoms with van der Waals surface area (Å²) in [6.45, 7) is 7.59. The van der Waals surface area contributed by atoms with E-state index in [1.165, 1.54) is 0 Å². The highest BCUT2D eigenvalue weighted by Crippen LogP contribution is 2.19. The maximum Gasteiger partial charge on any atom is 0.238 e. The van der Waals surface area contributed by atoms with Crippen LogP contribution in [0.3, 0.4) is 0 Å². The highest BCUT2D eigenvalue weighted by Gasteiger charge is 2.31. The number of likely N-dealkylation sites (N-methyl/N-ethyl adjacent to an activating group) is 1. The molecule has 0 saturated carbocycles. The van der Waals surface area contributed by atoms with E-state index in [9.17, 15) is 4.79 Å². The van der Waals surface area contributed by atoms with Crippen LogP contribution in [-0.4, -0.2) is 54.5 Å². The van der Waals surface area contributed by atoms with Crippen LogP contribution in [0.2, 0.25) is 0 Å². The van der Waals surface area contributed by atoms with Gasteiger partial charge in [0.1, 0.15) is 0 Å². The minimum absolute atomic E-state index is 0.0109. The molecule has 0 aromatic heterocycles. The first-order valence-electron chi connectivity index (χ1n) is 6.96. The van der Waals surface area contributed by atoms with Gasteiger partial charge in [-0.15, -0.1) is 0 Å². The topological polar surface area (TPSA) is 61.6 Å². The Kier molecular flexibility index (Phi) is 4.30. The van der Waals surface area contributed by atoms with E-state index < -0.39 is 0 Å². The smallest absolute Gasteiger partial charge is 0.238 e. The van der Waals surface area contributed by atoms with Crippen molar-refractivity contribution in [1.82, 2.24) is 9.80 Å². The standard InChI is InChI=1S/C15H24N4O/c1-15(2)11-19(9-8-18(15)3)10-14(20)17-13-7-5-4-6-12(13)16/h4-7H,8-11,16H2,1-3H3,(H,17,20). The fourth-order valence-electron chi connectivity index (χ4n) is 2.48. The molecular weight excluding hydrogens is 252 g/mol. The third-order valence-corrected chi connectivity index (χ3v) is 4.00. The molecule has 1 aromatic carbocycles. The number of rotatable bonds is 3. The minimum atomic E-state index is -0.0109. The average Bonchev–Trinajstić information content (AvgIpc) is 2.36. The lowest BCUT2D eigenvalue weighted by molar-refractivity contribution is -0.118. The second-order valence-corrected chi connectivity index (χ2v) is 6.08. The van der Waals surface area contributed by atoms with Crippen LogP contribution in [0.1, 0.15) is 13.8 Å². The van der Waals surface area contributed by atoms with Gasteiger partial charge < -0.3 is 11.1 Å². The Bertz CT molecular complexity index is 487. The van der Waals surface area contributed by atoms with Gasteiger partial charge in [-0.1, -0.05) is 12.1 Å². The fourth-order valence-corrected chi connectivity index (χ4v) is 2.48. The van der Waals surface area contributed by atoms with Gasteiger partial charge in [0.25, 0.3) is 0 Å². The van der Waals surface area contributed by atoms with Crippen molar-refractivity contribution in [3.8, 4) is 0 Å². The highest BCUT2D eigenvalue weighted by atomic mass is 16.2. The summed E-state index contributed by atoms with van der Waals surface area (Å²) in [6.07, 6.45) is 0. The molecule has 1 aliphatic heterocycles. The van der Waals surface area contributed by atoms with Crippen LogP contribution in [0.5, 0.6) is 0 Å². The fraction of sp³-hybridized carbons (Fsp3) is 0.533. The lowest BCUT2D eigenvalue weighted by Crippen LogP contribution is -2.58. The molecule has 5 heteroatoms. The van der Waals surface area contributed by atoms with Gasteiger partial charge in [0.05, 0.1) is 17.9 Å². The minimum Gasteiger partial charge on any atom is -0.397 e. The van der Waals surface area contributed by atoms with Crippen molar-refractivity contribution in [1.29, 1.82) is 0 Å². The van der Waals surface area contributed by atoms with E-state index in [1.807, 2.05) is 18.2 Å². The van der Waals surface area contributed by atoms with E-state index in [4.69, 9.17) is 5.73 Å². The zero-order chi connectivity index (χ0) is 14.8. The zero-order valence-corrected chi connectivity index (χ0v) is 12.5. The molecule has 1 fully saturated rings. The molecule has 20 heavy (non-hydrogen) atoms. The SMILES string of the molecule is CN1CCN(CC(=O)Nc2ccccc2N)CC1(C)C. The van der Waals surface area contributed by atoms with Gasteiger partial charge in [-0.05, 0) is 33.0 Å². The highest BCUT2D eigenvalue weighted by molar-refractivity contribution is 5.95. The first-order valence-corrected chi connectivity index (χ1v) is 6.96. The zero-order valence-electron chi connectivity index (χ0n) is 12.5. The van der Waals surface area contributed by atoms with Crippen molar-refractivity contribution in [3.05, 3.63) is 24.3 Å². The number of carbonyl (C=O) groups excluding carboxylic acids is 1. The maximum atomic E-state index is 12.1. The summed E-state index contributed by atoms with van der Waals surface area (Å²) in [6, 6.07) is 7.33. The molecule has 1 amide bonds. The number of benzene rings is 1. The van der Waals surface area contributed by atoms with Crippen molar-refractivity contribution in [2.75, 3.05) is 44.3 Å². The summed E-state index contributed by atoms with van der Waals surface area (Å²) in [4.78, 5) is 16.6. The van der Waals surface area contributed by atoms with Gasteiger partial charge in [-0.2, -0.15) is 0 Å². The summed E-state index contributed by atoms with van der Waals surface area (Å²) >= 11 is 0. The number of amides is 1. The first-order chi connectivity index (χ1) is 9.38. The van der Waals surface area contributed by atoms with E-state index in [0.29, 0.717) is 17.9 Å². The van der Waals surface area contributed by atoms with Gasteiger partial charge in [0.2, 0.25) is 5.91 Å². The van der Waals surface area contributed by atoms with Crippen LogP contribution < -0.4 is 11.1 Å². The lowest BCUT2D eigenvalue weighted by atomic mass is 10.00. The number of nitrogens with zero attached hydrogens (tertiary/aromatic N) is 2. The number of hydrogen-bond donors (Lipinski definition) is 2. The second kappa shape index (κ2) is 5.81. The van der Waals surface area contributed by atoms with Crippen molar-refractivity contribution >= 4 is 17.3 Å². The number of anilines is 2. The van der Waals surface area contributed by atoms with Crippen LogP contribution in [0.25, 0.3) is 0 Å². The summed E-state index contributed by atoms with van der Waals surface area (Å²) in [5.74, 6) is -0.0109. The molecule has 3 N–H and O–H groups in total. The Morgan fingerprint density at radius 2 is 2.05 bits per heavy atom. The molecule has 0 spiro atoms. The van der Waals surface area contributed by atoms with Crippen molar-refractivity contribution in [2.45, 2.75) is 19.4 Å². The molecule has 2 rings (SSSR count). The van der Waals surface area contributed by atoms with Crippen LogP contribution in [0.15, 0.2) is 24.3 Å². The molecule has 0 bridgehead atoms. The number of nitrogens with two attached hydrogens (primary N) is 1. The van der Waals surface area contributed by atoms with Gasteiger partial charge in [0.15, 0.2) is 0 Å². The van der Waals surface area contributed by atoms with Gasteiger partial charge in [-0.3, -0.25) is 14.6 Å². The monoisotopic (exact) mass is 276 g/mol. The molecule has 1 heterocycles. The van der Waals surface area contributed by atoms with E-state index in [1.54, 1.807) is 6.07 Å². The van der Waals surface area contributed by atoms with E-state index >= 15 is 0 Å². The van der Waals surface area contributed by atoms with Crippen molar-refractivity contribution < 1.29 is 4.79 Å². The molecule has 0 radical (unpaired) electrons. The third kappa shape index (κ3) is 3.49. The lowest BCUT2D eigenvalue weighted by Gasteiger charge is -2.45. The molecular formula is C15H24N4O. The molecule has 5 nitrogen and oxygen atoms in total.